The van der Waals surface area contributed by atoms with Crippen LogP contribution in [0.25, 0.3) is 11.5 Å². The van der Waals surface area contributed by atoms with Crippen molar-refractivity contribution in [2.24, 2.45) is 0 Å². The third-order valence-electron chi connectivity index (χ3n) is 5.14. The topological polar surface area (TPSA) is 93.4 Å². The number of aromatic nitrogens is 3. The van der Waals surface area contributed by atoms with Crippen molar-refractivity contribution >= 4 is 11.7 Å². The first kappa shape index (κ1) is 19.9. The Hall–Kier alpha value is -3.42. The summed E-state index contributed by atoms with van der Waals surface area (Å²) in [6.07, 6.45) is 6.78. The number of carbonyl (C=O) groups is 1. The zero-order chi connectivity index (χ0) is 20.8. The number of rotatable bonds is 7. The van der Waals surface area contributed by atoms with Crippen LogP contribution in [0, 0.1) is 0 Å². The maximum atomic E-state index is 12.9. The molecule has 8 heteroatoms. The number of hydrogen-bond donors (Lipinski definition) is 1. The summed E-state index contributed by atoms with van der Waals surface area (Å²) in [6.45, 7) is 3.21. The third kappa shape index (κ3) is 4.59. The van der Waals surface area contributed by atoms with Crippen molar-refractivity contribution in [3.8, 4) is 17.2 Å². The average molecular weight is 407 g/mol. The number of ether oxygens (including phenoxy) is 1. The average Bonchev–Trinajstić information content (AvgIpc) is 3.44. The predicted molar refractivity (Wildman–Crippen MR) is 112 cm³/mol. The van der Waals surface area contributed by atoms with Gasteiger partial charge in [-0.1, -0.05) is 17.3 Å². The molecule has 156 valence electrons. The molecule has 0 aliphatic carbocycles. The number of carbonyl (C=O) groups excluding carboxylic acids is 1. The first-order chi connectivity index (χ1) is 14.7. The highest BCUT2D eigenvalue weighted by Gasteiger charge is 2.29. The van der Waals surface area contributed by atoms with Gasteiger partial charge in [-0.25, -0.2) is 4.79 Å². The van der Waals surface area contributed by atoms with Gasteiger partial charge in [-0.3, -0.25) is 4.98 Å². The molecule has 1 aromatic carbocycles. The fraction of sp³-hybridized carbons (Fsp3) is 0.364. The van der Waals surface area contributed by atoms with E-state index >= 15 is 0 Å². The molecule has 3 heterocycles. The molecule has 0 saturated carbocycles. The second-order valence-corrected chi connectivity index (χ2v) is 7.14. The zero-order valence-electron chi connectivity index (χ0n) is 17.0. The van der Waals surface area contributed by atoms with E-state index in [1.54, 1.807) is 12.4 Å². The molecule has 2 amide bonds. The van der Waals surface area contributed by atoms with E-state index in [-0.39, 0.29) is 12.1 Å². The quantitative estimate of drug-likeness (QED) is 0.632. The second-order valence-electron chi connectivity index (χ2n) is 7.14. The summed E-state index contributed by atoms with van der Waals surface area (Å²) < 4.78 is 11.0. The fourth-order valence-electron chi connectivity index (χ4n) is 3.70. The van der Waals surface area contributed by atoms with Gasteiger partial charge in [0.25, 0.3) is 5.89 Å². The van der Waals surface area contributed by atoms with Crippen LogP contribution in [-0.2, 0) is 6.42 Å². The molecule has 0 radical (unpaired) electrons. The Morgan fingerprint density at radius 1 is 1.30 bits per heavy atom. The number of urea groups is 1. The molecule has 3 aromatic rings. The highest BCUT2D eigenvalue weighted by atomic mass is 16.5. The summed E-state index contributed by atoms with van der Waals surface area (Å²) in [4.78, 5) is 23.3. The molecule has 1 aliphatic rings. The highest BCUT2D eigenvalue weighted by Crippen LogP contribution is 2.27. The Bertz CT molecular complexity index is 976. The molecular formula is C22H25N5O3. The molecule has 1 saturated heterocycles. The van der Waals surface area contributed by atoms with E-state index in [4.69, 9.17) is 9.26 Å². The highest BCUT2D eigenvalue weighted by molar-refractivity contribution is 5.91. The van der Waals surface area contributed by atoms with Crippen molar-refractivity contribution in [1.29, 1.82) is 0 Å². The minimum Gasteiger partial charge on any atom is -0.492 e. The molecule has 4 rings (SSSR count). The van der Waals surface area contributed by atoms with Crippen LogP contribution >= 0.6 is 0 Å². The van der Waals surface area contributed by atoms with Gasteiger partial charge in [0.15, 0.2) is 5.82 Å². The molecule has 1 fully saturated rings. The number of nitrogens with one attached hydrogen (secondary N) is 1. The fourth-order valence-corrected chi connectivity index (χ4v) is 3.70. The number of hydrogen-bond acceptors (Lipinski definition) is 6. The van der Waals surface area contributed by atoms with Crippen molar-refractivity contribution in [2.75, 3.05) is 18.5 Å². The van der Waals surface area contributed by atoms with E-state index in [0.29, 0.717) is 36.2 Å². The van der Waals surface area contributed by atoms with Gasteiger partial charge in [0, 0.05) is 31.4 Å². The van der Waals surface area contributed by atoms with E-state index < -0.39 is 0 Å². The maximum Gasteiger partial charge on any atom is 0.322 e. The number of benzene rings is 1. The van der Waals surface area contributed by atoms with Crippen molar-refractivity contribution < 1.29 is 14.1 Å². The third-order valence-corrected chi connectivity index (χ3v) is 5.14. The van der Waals surface area contributed by atoms with Gasteiger partial charge in [0.2, 0.25) is 0 Å². The lowest BCUT2D eigenvalue weighted by Gasteiger charge is -2.25. The zero-order valence-corrected chi connectivity index (χ0v) is 17.0. The number of pyridine rings is 1. The SMILES string of the molecule is CCOc1ccccc1NC(=O)N1CCCC1CCc1noc(-c2cccnc2)n1. The number of anilines is 1. The number of aryl methyl sites for hydroxylation is 1. The standard InChI is InChI=1S/C22H25N5O3/c1-2-29-19-10-4-3-9-18(19)24-22(28)27-14-6-8-17(27)11-12-20-25-21(30-26-20)16-7-5-13-23-15-16/h3-5,7,9-10,13,15,17H,2,6,8,11-12,14H2,1H3,(H,24,28). The number of amides is 2. The maximum absolute atomic E-state index is 12.9. The number of nitrogens with zero attached hydrogens (tertiary/aromatic N) is 4. The summed E-state index contributed by atoms with van der Waals surface area (Å²) in [5.74, 6) is 1.79. The Morgan fingerprint density at radius 2 is 2.20 bits per heavy atom. The van der Waals surface area contributed by atoms with Crippen LogP contribution < -0.4 is 10.1 Å². The van der Waals surface area contributed by atoms with Crippen molar-refractivity contribution in [3.05, 3.63) is 54.6 Å². The van der Waals surface area contributed by atoms with Gasteiger partial charge in [-0.05, 0) is 50.5 Å². The molecule has 0 bridgehead atoms. The van der Waals surface area contributed by atoms with Crippen LogP contribution in [0.5, 0.6) is 5.75 Å². The molecule has 1 aliphatic heterocycles. The van der Waals surface area contributed by atoms with Gasteiger partial charge >= 0.3 is 6.03 Å². The van der Waals surface area contributed by atoms with Gasteiger partial charge in [-0.15, -0.1) is 0 Å². The second kappa shape index (κ2) is 9.39. The first-order valence-electron chi connectivity index (χ1n) is 10.3. The summed E-state index contributed by atoms with van der Waals surface area (Å²) >= 11 is 0. The normalized spacial score (nSPS) is 15.9. The van der Waals surface area contributed by atoms with Crippen LogP contribution in [0.15, 0.2) is 53.3 Å². The largest absolute Gasteiger partial charge is 0.492 e. The number of likely N-dealkylation sites (tertiary alicyclic amines) is 1. The summed E-state index contributed by atoms with van der Waals surface area (Å²) in [7, 11) is 0. The van der Waals surface area contributed by atoms with Gasteiger partial charge in [-0.2, -0.15) is 4.98 Å². The summed E-state index contributed by atoms with van der Waals surface area (Å²) in [5.41, 5.74) is 1.49. The minimum absolute atomic E-state index is 0.103. The van der Waals surface area contributed by atoms with E-state index in [9.17, 15) is 4.79 Å². The van der Waals surface area contributed by atoms with E-state index in [0.717, 1.165) is 31.4 Å². The monoisotopic (exact) mass is 407 g/mol. The van der Waals surface area contributed by atoms with Crippen molar-refractivity contribution in [2.45, 2.75) is 38.6 Å². The summed E-state index contributed by atoms with van der Waals surface area (Å²) in [6, 6.07) is 11.2. The van der Waals surface area contributed by atoms with Crippen molar-refractivity contribution in [3.63, 3.8) is 0 Å². The van der Waals surface area contributed by atoms with E-state index in [1.807, 2.05) is 48.2 Å². The van der Waals surface area contributed by atoms with Gasteiger partial charge < -0.3 is 19.5 Å². The summed E-state index contributed by atoms with van der Waals surface area (Å²) in [5, 5.41) is 7.07. The van der Waals surface area contributed by atoms with Crippen LogP contribution in [0.2, 0.25) is 0 Å². The van der Waals surface area contributed by atoms with Gasteiger partial charge in [0.1, 0.15) is 5.75 Å². The molecule has 1 N–H and O–H groups in total. The molecular weight excluding hydrogens is 382 g/mol. The lowest BCUT2D eigenvalue weighted by atomic mass is 10.1. The smallest absolute Gasteiger partial charge is 0.322 e. The van der Waals surface area contributed by atoms with Gasteiger partial charge in [0.05, 0.1) is 17.9 Å². The molecule has 0 spiro atoms. The molecule has 30 heavy (non-hydrogen) atoms. The lowest BCUT2D eigenvalue weighted by Crippen LogP contribution is -2.39. The van der Waals surface area contributed by atoms with E-state index in [2.05, 4.69) is 20.4 Å². The lowest BCUT2D eigenvalue weighted by molar-refractivity contribution is 0.203. The van der Waals surface area contributed by atoms with Crippen LogP contribution in [0.3, 0.4) is 0 Å². The van der Waals surface area contributed by atoms with Crippen LogP contribution in [0.4, 0.5) is 10.5 Å². The van der Waals surface area contributed by atoms with Crippen LogP contribution in [-0.4, -0.2) is 45.2 Å². The first-order valence-corrected chi connectivity index (χ1v) is 10.3. The Kier molecular flexibility index (Phi) is 6.22. The molecule has 8 nitrogen and oxygen atoms in total. The molecule has 1 atom stereocenters. The predicted octanol–water partition coefficient (Wildman–Crippen LogP) is 4.16. The minimum atomic E-state index is -0.103. The molecule has 2 aromatic heterocycles. The Balaban J connectivity index is 1.36. The Labute approximate surface area is 175 Å². The molecule has 1 unspecified atom stereocenters. The Morgan fingerprint density at radius 3 is 3.03 bits per heavy atom. The van der Waals surface area contributed by atoms with E-state index in [1.165, 1.54) is 0 Å². The van der Waals surface area contributed by atoms with Crippen LogP contribution in [0.1, 0.15) is 32.0 Å². The van der Waals surface area contributed by atoms with Crippen molar-refractivity contribution in [1.82, 2.24) is 20.0 Å². The number of para-hydroxylation sites is 2.